The van der Waals surface area contributed by atoms with Crippen molar-refractivity contribution in [2.24, 2.45) is 10.9 Å². The van der Waals surface area contributed by atoms with Crippen LogP contribution in [0.5, 0.6) is 0 Å². The first-order chi connectivity index (χ1) is 10.8. The quantitative estimate of drug-likeness (QED) is 0.579. The summed E-state index contributed by atoms with van der Waals surface area (Å²) in [6, 6.07) is 0. The Bertz CT molecular complexity index is 324. The first-order valence-electron chi connectivity index (χ1n) is 8.98. The molecule has 0 aromatic heterocycles. The van der Waals surface area contributed by atoms with Crippen molar-refractivity contribution in [3.05, 3.63) is 0 Å². The van der Waals surface area contributed by atoms with Crippen LogP contribution in [0.3, 0.4) is 0 Å². The summed E-state index contributed by atoms with van der Waals surface area (Å²) < 4.78 is 11.1. The van der Waals surface area contributed by atoms with Crippen molar-refractivity contribution in [1.82, 2.24) is 10.2 Å². The van der Waals surface area contributed by atoms with Crippen LogP contribution < -0.4 is 5.32 Å². The molecule has 22 heavy (non-hydrogen) atoms. The topological polar surface area (TPSA) is 46.1 Å². The third kappa shape index (κ3) is 6.13. The van der Waals surface area contributed by atoms with Gasteiger partial charge in [0.2, 0.25) is 0 Å². The first-order valence-corrected chi connectivity index (χ1v) is 8.98. The van der Waals surface area contributed by atoms with Crippen LogP contribution in [0.25, 0.3) is 0 Å². The maximum atomic E-state index is 5.67. The van der Waals surface area contributed by atoms with E-state index in [1.165, 1.54) is 32.1 Å². The first kappa shape index (κ1) is 17.5. The van der Waals surface area contributed by atoms with Crippen molar-refractivity contribution in [3.8, 4) is 0 Å². The van der Waals surface area contributed by atoms with Gasteiger partial charge in [0.1, 0.15) is 0 Å². The van der Waals surface area contributed by atoms with Gasteiger partial charge < -0.3 is 19.7 Å². The molecule has 2 heterocycles. The smallest absolute Gasteiger partial charge is 0.193 e. The second-order valence-electron chi connectivity index (χ2n) is 6.43. The molecule has 0 aromatic rings. The highest BCUT2D eigenvalue weighted by Gasteiger charge is 2.16. The van der Waals surface area contributed by atoms with Gasteiger partial charge in [-0.25, -0.2) is 0 Å². The summed E-state index contributed by atoms with van der Waals surface area (Å²) in [5.74, 6) is 1.85. The minimum Gasteiger partial charge on any atom is -0.381 e. The Kier molecular flexibility index (Phi) is 8.02. The Hall–Kier alpha value is -0.810. The molecule has 0 amide bonds. The van der Waals surface area contributed by atoms with Gasteiger partial charge in [0.25, 0.3) is 0 Å². The lowest BCUT2D eigenvalue weighted by Gasteiger charge is -2.27. The maximum absolute atomic E-state index is 5.67. The van der Waals surface area contributed by atoms with Crippen LogP contribution in [-0.4, -0.2) is 63.5 Å². The van der Waals surface area contributed by atoms with Gasteiger partial charge in [-0.15, -0.1) is 0 Å². The Labute approximate surface area is 135 Å². The third-order valence-electron chi connectivity index (χ3n) is 4.65. The zero-order valence-corrected chi connectivity index (χ0v) is 14.4. The Morgan fingerprint density at radius 2 is 2.00 bits per heavy atom. The molecular formula is C17H33N3O2. The van der Waals surface area contributed by atoms with Gasteiger partial charge in [0, 0.05) is 46.5 Å². The largest absolute Gasteiger partial charge is 0.381 e. The van der Waals surface area contributed by atoms with E-state index >= 15 is 0 Å². The van der Waals surface area contributed by atoms with Crippen LogP contribution in [-0.2, 0) is 9.47 Å². The second kappa shape index (κ2) is 10.1. The predicted molar refractivity (Wildman–Crippen MR) is 90.4 cm³/mol. The van der Waals surface area contributed by atoms with Crippen molar-refractivity contribution in [2.75, 3.05) is 46.5 Å². The lowest BCUT2D eigenvalue weighted by Crippen LogP contribution is -2.40. The summed E-state index contributed by atoms with van der Waals surface area (Å²) in [5.41, 5.74) is 0. The van der Waals surface area contributed by atoms with E-state index in [1.807, 2.05) is 0 Å². The molecule has 0 radical (unpaired) electrons. The van der Waals surface area contributed by atoms with E-state index in [4.69, 9.17) is 14.5 Å². The van der Waals surface area contributed by atoms with E-state index in [1.54, 1.807) is 0 Å². The Balaban J connectivity index is 1.72. The van der Waals surface area contributed by atoms with E-state index in [9.17, 15) is 0 Å². The number of nitrogens with zero attached hydrogens (tertiary/aromatic N) is 2. The Morgan fingerprint density at radius 3 is 2.68 bits per heavy atom. The molecule has 5 heteroatoms. The van der Waals surface area contributed by atoms with Gasteiger partial charge in [-0.05, 0) is 51.4 Å². The highest BCUT2D eigenvalue weighted by Crippen LogP contribution is 2.18. The lowest BCUT2D eigenvalue weighted by molar-refractivity contribution is 0.0625. The molecular weight excluding hydrogens is 278 g/mol. The fourth-order valence-electron chi connectivity index (χ4n) is 3.17. The molecule has 0 saturated carbocycles. The molecule has 5 nitrogen and oxygen atoms in total. The standard InChI is InChI=1S/C17H33N3O2/c1-3-18-17(19-10-6-16-5-4-12-22-16)20(2)11-7-15-8-13-21-14-9-15/h15-16H,3-14H2,1-2H3,(H,18,19). The van der Waals surface area contributed by atoms with E-state index in [0.29, 0.717) is 6.10 Å². The zero-order valence-electron chi connectivity index (χ0n) is 14.4. The summed E-state index contributed by atoms with van der Waals surface area (Å²) in [6.45, 7) is 7.76. The molecule has 1 atom stereocenters. The van der Waals surface area contributed by atoms with E-state index in [-0.39, 0.29) is 0 Å². The van der Waals surface area contributed by atoms with Crippen molar-refractivity contribution < 1.29 is 9.47 Å². The average molecular weight is 311 g/mol. The molecule has 0 bridgehead atoms. The summed E-state index contributed by atoms with van der Waals surface area (Å²) in [4.78, 5) is 7.04. The minimum atomic E-state index is 0.430. The predicted octanol–water partition coefficient (Wildman–Crippen LogP) is 2.27. The summed E-state index contributed by atoms with van der Waals surface area (Å²) in [5, 5.41) is 3.41. The maximum Gasteiger partial charge on any atom is 0.193 e. The fraction of sp³-hybridized carbons (Fsp3) is 0.941. The number of rotatable bonds is 7. The van der Waals surface area contributed by atoms with E-state index in [0.717, 1.165) is 57.8 Å². The molecule has 2 rings (SSSR count). The zero-order chi connectivity index (χ0) is 15.6. The number of hydrogen-bond acceptors (Lipinski definition) is 3. The Morgan fingerprint density at radius 1 is 1.18 bits per heavy atom. The summed E-state index contributed by atoms with van der Waals surface area (Å²) in [7, 11) is 2.15. The second-order valence-corrected chi connectivity index (χ2v) is 6.43. The van der Waals surface area contributed by atoms with Crippen molar-refractivity contribution in [2.45, 2.75) is 51.6 Å². The molecule has 2 aliphatic heterocycles. The van der Waals surface area contributed by atoms with Crippen molar-refractivity contribution in [3.63, 3.8) is 0 Å². The van der Waals surface area contributed by atoms with Gasteiger partial charge in [-0.1, -0.05) is 0 Å². The highest BCUT2D eigenvalue weighted by molar-refractivity contribution is 5.79. The molecule has 0 aliphatic carbocycles. The van der Waals surface area contributed by atoms with E-state index < -0.39 is 0 Å². The fourth-order valence-corrected chi connectivity index (χ4v) is 3.17. The van der Waals surface area contributed by atoms with Crippen LogP contribution in [0.15, 0.2) is 4.99 Å². The van der Waals surface area contributed by atoms with Crippen molar-refractivity contribution in [1.29, 1.82) is 0 Å². The van der Waals surface area contributed by atoms with Gasteiger partial charge in [-0.2, -0.15) is 0 Å². The van der Waals surface area contributed by atoms with Crippen LogP contribution in [0.4, 0.5) is 0 Å². The van der Waals surface area contributed by atoms with Crippen LogP contribution >= 0.6 is 0 Å². The number of hydrogen-bond donors (Lipinski definition) is 1. The normalized spacial score (nSPS) is 23.7. The minimum absolute atomic E-state index is 0.430. The monoisotopic (exact) mass is 311 g/mol. The number of ether oxygens (including phenoxy) is 2. The third-order valence-corrected chi connectivity index (χ3v) is 4.65. The molecule has 2 saturated heterocycles. The van der Waals surface area contributed by atoms with E-state index in [2.05, 4.69) is 24.2 Å². The SMILES string of the molecule is CCNC(=NCCC1CCCO1)N(C)CCC1CCOCC1. The van der Waals surface area contributed by atoms with Crippen LogP contribution in [0.2, 0.25) is 0 Å². The van der Waals surface area contributed by atoms with Gasteiger partial charge in [0.15, 0.2) is 5.96 Å². The summed E-state index contributed by atoms with van der Waals surface area (Å²) in [6.07, 6.45) is 7.53. The number of nitrogens with one attached hydrogen (secondary N) is 1. The van der Waals surface area contributed by atoms with Gasteiger partial charge in [-0.3, -0.25) is 4.99 Å². The molecule has 0 spiro atoms. The molecule has 1 unspecified atom stereocenters. The molecule has 128 valence electrons. The average Bonchev–Trinajstić information content (AvgIpc) is 3.06. The van der Waals surface area contributed by atoms with Crippen molar-refractivity contribution >= 4 is 5.96 Å². The lowest BCUT2D eigenvalue weighted by atomic mass is 9.96. The molecule has 2 fully saturated rings. The summed E-state index contributed by atoms with van der Waals surface area (Å²) >= 11 is 0. The number of guanidine groups is 1. The highest BCUT2D eigenvalue weighted by atomic mass is 16.5. The van der Waals surface area contributed by atoms with Gasteiger partial charge >= 0.3 is 0 Å². The molecule has 2 aliphatic rings. The van der Waals surface area contributed by atoms with Crippen LogP contribution in [0, 0.1) is 5.92 Å². The number of aliphatic imine (C=N–C) groups is 1. The van der Waals surface area contributed by atoms with Crippen LogP contribution in [0.1, 0.15) is 45.4 Å². The van der Waals surface area contributed by atoms with Gasteiger partial charge in [0.05, 0.1) is 6.10 Å². The molecule has 1 N–H and O–H groups in total. The molecule has 0 aromatic carbocycles.